The summed E-state index contributed by atoms with van der Waals surface area (Å²) in [5.41, 5.74) is 5.56. The number of nitrogens with zero attached hydrogens (tertiary/aromatic N) is 1. The fraction of sp³-hybridized carbons (Fsp3) is 0.278. The van der Waals surface area contributed by atoms with Crippen LogP contribution in [0.15, 0.2) is 36.4 Å². The summed E-state index contributed by atoms with van der Waals surface area (Å²) >= 11 is 0. The van der Waals surface area contributed by atoms with Crippen LogP contribution in [-0.2, 0) is 0 Å². The van der Waals surface area contributed by atoms with Crippen molar-refractivity contribution in [3.8, 4) is 17.1 Å². The maximum Gasteiger partial charge on any atom is 0.138 e. The van der Waals surface area contributed by atoms with Crippen LogP contribution in [0.2, 0.25) is 0 Å². The SMILES string of the molecule is COc1cc(C)c(-c2nc3ccccc3[nH]2)cc1C(C)C. The molecule has 3 heteroatoms. The molecule has 3 nitrogen and oxygen atoms in total. The molecule has 3 aromatic rings. The summed E-state index contributed by atoms with van der Waals surface area (Å²) in [6, 6.07) is 12.4. The van der Waals surface area contributed by atoms with Crippen LogP contribution in [0.1, 0.15) is 30.9 Å². The predicted octanol–water partition coefficient (Wildman–Crippen LogP) is 4.67. The van der Waals surface area contributed by atoms with E-state index in [-0.39, 0.29) is 0 Å². The van der Waals surface area contributed by atoms with E-state index in [1.165, 1.54) is 5.56 Å². The maximum absolute atomic E-state index is 5.51. The van der Waals surface area contributed by atoms with Crippen LogP contribution in [-0.4, -0.2) is 17.1 Å². The number of H-pyrrole nitrogens is 1. The van der Waals surface area contributed by atoms with E-state index in [0.29, 0.717) is 5.92 Å². The van der Waals surface area contributed by atoms with Crippen molar-refractivity contribution >= 4 is 11.0 Å². The van der Waals surface area contributed by atoms with Gasteiger partial charge in [0.25, 0.3) is 0 Å². The lowest BCUT2D eigenvalue weighted by molar-refractivity contribution is 0.407. The van der Waals surface area contributed by atoms with E-state index in [1.807, 2.05) is 24.3 Å². The molecule has 0 unspecified atom stereocenters. The topological polar surface area (TPSA) is 37.9 Å². The minimum absolute atomic E-state index is 0.406. The minimum atomic E-state index is 0.406. The van der Waals surface area contributed by atoms with Gasteiger partial charge in [-0.1, -0.05) is 26.0 Å². The van der Waals surface area contributed by atoms with E-state index in [1.54, 1.807) is 7.11 Å². The first kappa shape index (κ1) is 13.7. The van der Waals surface area contributed by atoms with Gasteiger partial charge in [0, 0.05) is 5.56 Å². The van der Waals surface area contributed by atoms with Crippen LogP contribution in [0.4, 0.5) is 0 Å². The number of fused-ring (bicyclic) bond motifs is 1. The Hall–Kier alpha value is -2.29. The fourth-order valence-electron chi connectivity index (χ4n) is 2.66. The van der Waals surface area contributed by atoms with Crippen LogP contribution in [0.25, 0.3) is 22.4 Å². The van der Waals surface area contributed by atoms with Crippen LogP contribution < -0.4 is 4.74 Å². The van der Waals surface area contributed by atoms with Crippen LogP contribution in [0.5, 0.6) is 5.75 Å². The van der Waals surface area contributed by atoms with Gasteiger partial charge >= 0.3 is 0 Å². The Morgan fingerprint density at radius 2 is 1.90 bits per heavy atom. The molecule has 0 aliphatic heterocycles. The van der Waals surface area contributed by atoms with Gasteiger partial charge in [-0.25, -0.2) is 4.98 Å². The number of aromatic nitrogens is 2. The highest BCUT2D eigenvalue weighted by Gasteiger charge is 2.14. The first-order chi connectivity index (χ1) is 10.1. The van der Waals surface area contributed by atoms with Gasteiger partial charge in [0.2, 0.25) is 0 Å². The highest BCUT2D eigenvalue weighted by atomic mass is 16.5. The number of nitrogens with one attached hydrogen (secondary N) is 1. The zero-order valence-corrected chi connectivity index (χ0v) is 12.9. The third-order valence-electron chi connectivity index (χ3n) is 3.84. The number of para-hydroxylation sites is 2. The van der Waals surface area contributed by atoms with Crippen molar-refractivity contribution in [3.63, 3.8) is 0 Å². The first-order valence-corrected chi connectivity index (χ1v) is 7.24. The summed E-state index contributed by atoms with van der Waals surface area (Å²) in [7, 11) is 1.72. The third-order valence-corrected chi connectivity index (χ3v) is 3.84. The Morgan fingerprint density at radius 1 is 1.14 bits per heavy atom. The van der Waals surface area contributed by atoms with Crippen molar-refractivity contribution in [2.24, 2.45) is 0 Å². The number of methoxy groups -OCH3 is 1. The standard InChI is InChI=1S/C18H20N2O/c1-11(2)13-10-14(12(3)9-17(13)21-4)18-19-15-7-5-6-8-16(15)20-18/h5-11H,1-4H3,(H,19,20). The zero-order valence-electron chi connectivity index (χ0n) is 12.9. The number of ether oxygens (including phenoxy) is 1. The van der Waals surface area contributed by atoms with Gasteiger partial charge in [0.05, 0.1) is 18.1 Å². The van der Waals surface area contributed by atoms with Gasteiger partial charge in [-0.15, -0.1) is 0 Å². The number of benzene rings is 2. The van der Waals surface area contributed by atoms with Crippen LogP contribution in [0, 0.1) is 6.92 Å². The smallest absolute Gasteiger partial charge is 0.138 e. The van der Waals surface area contributed by atoms with E-state index in [0.717, 1.165) is 33.7 Å². The highest BCUT2D eigenvalue weighted by molar-refractivity contribution is 5.80. The zero-order chi connectivity index (χ0) is 15.0. The van der Waals surface area contributed by atoms with E-state index in [4.69, 9.17) is 9.72 Å². The highest BCUT2D eigenvalue weighted by Crippen LogP contribution is 2.34. The van der Waals surface area contributed by atoms with Crippen molar-refractivity contribution in [1.29, 1.82) is 0 Å². The quantitative estimate of drug-likeness (QED) is 0.757. The Morgan fingerprint density at radius 3 is 2.57 bits per heavy atom. The number of imidazole rings is 1. The molecule has 0 amide bonds. The van der Waals surface area contributed by atoms with Crippen molar-refractivity contribution in [1.82, 2.24) is 9.97 Å². The molecule has 0 aliphatic rings. The Balaban J connectivity index is 2.19. The molecule has 1 aromatic heterocycles. The molecule has 0 spiro atoms. The largest absolute Gasteiger partial charge is 0.496 e. The molecule has 1 heterocycles. The fourth-order valence-corrected chi connectivity index (χ4v) is 2.66. The number of hydrogen-bond donors (Lipinski definition) is 1. The monoisotopic (exact) mass is 280 g/mol. The number of hydrogen-bond acceptors (Lipinski definition) is 2. The van der Waals surface area contributed by atoms with E-state index < -0.39 is 0 Å². The second-order valence-corrected chi connectivity index (χ2v) is 5.67. The summed E-state index contributed by atoms with van der Waals surface area (Å²) < 4.78 is 5.51. The molecule has 0 atom stereocenters. The van der Waals surface area contributed by atoms with Crippen LogP contribution in [0.3, 0.4) is 0 Å². The molecule has 2 aromatic carbocycles. The summed E-state index contributed by atoms with van der Waals surface area (Å²) in [6.45, 7) is 6.44. The van der Waals surface area contributed by atoms with Gasteiger partial charge in [-0.3, -0.25) is 0 Å². The van der Waals surface area contributed by atoms with Gasteiger partial charge < -0.3 is 9.72 Å². The summed E-state index contributed by atoms with van der Waals surface area (Å²) in [5, 5.41) is 0. The molecule has 0 aliphatic carbocycles. The molecule has 0 saturated carbocycles. The summed E-state index contributed by atoms with van der Waals surface area (Å²) in [4.78, 5) is 8.11. The van der Waals surface area contributed by atoms with Gasteiger partial charge in [0.15, 0.2) is 0 Å². The summed E-state index contributed by atoms with van der Waals surface area (Å²) in [6.07, 6.45) is 0. The molecular weight excluding hydrogens is 260 g/mol. The number of rotatable bonds is 3. The van der Waals surface area contributed by atoms with Crippen LogP contribution >= 0.6 is 0 Å². The first-order valence-electron chi connectivity index (χ1n) is 7.24. The lowest BCUT2D eigenvalue weighted by Crippen LogP contribution is -1.97. The van der Waals surface area contributed by atoms with Crippen molar-refractivity contribution in [2.75, 3.05) is 7.11 Å². The average Bonchev–Trinajstić information content (AvgIpc) is 2.90. The Labute approximate surface area is 125 Å². The molecule has 0 radical (unpaired) electrons. The van der Waals surface area contributed by atoms with Crippen molar-refractivity contribution < 1.29 is 4.74 Å². The minimum Gasteiger partial charge on any atom is -0.496 e. The normalized spacial score (nSPS) is 11.3. The average molecular weight is 280 g/mol. The third kappa shape index (κ3) is 2.40. The van der Waals surface area contributed by atoms with Gasteiger partial charge in [-0.2, -0.15) is 0 Å². The van der Waals surface area contributed by atoms with E-state index in [2.05, 4.69) is 37.9 Å². The van der Waals surface area contributed by atoms with E-state index >= 15 is 0 Å². The summed E-state index contributed by atoms with van der Waals surface area (Å²) in [5.74, 6) is 2.27. The molecule has 3 rings (SSSR count). The molecule has 108 valence electrons. The number of aromatic amines is 1. The number of aryl methyl sites for hydroxylation is 1. The lowest BCUT2D eigenvalue weighted by atomic mass is 9.96. The second kappa shape index (κ2) is 5.24. The van der Waals surface area contributed by atoms with E-state index in [9.17, 15) is 0 Å². The molecule has 0 saturated heterocycles. The maximum atomic E-state index is 5.51. The molecule has 0 fully saturated rings. The van der Waals surface area contributed by atoms with Crippen molar-refractivity contribution in [2.45, 2.75) is 26.7 Å². The lowest BCUT2D eigenvalue weighted by Gasteiger charge is -2.15. The molecular formula is C18H20N2O. The molecule has 1 N–H and O–H groups in total. The predicted molar refractivity (Wildman–Crippen MR) is 86.9 cm³/mol. The Bertz CT molecular complexity index is 754. The molecule has 0 bridgehead atoms. The van der Waals surface area contributed by atoms with Crippen molar-refractivity contribution in [3.05, 3.63) is 47.5 Å². The van der Waals surface area contributed by atoms with Gasteiger partial charge in [-0.05, 0) is 48.2 Å². The van der Waals surface area contributed by atoms with Gasteiger partial charge in [0.1, 0.15) is 11.6 Å². The Kier molecular flexibility index (Phi) is 3.42. The molecule has 21 heavy (non-hydrogen) atoms. The second-order valence-electron chi connectivity index (χ2n) is 5.67.